The molecule has 0 bridgehead atoms. The number of amides is 1. The zero-order chi connectivity index (χ0) is 23.0. The molecule has 1 amide bonds. The molecule has 168 valence electrons. The van der Waals surface area contributed by atoms with Gasteiger partial charge in [-0.1, -0.05) is 30.3 Å². The van der Waals surface area contributed by atoms with Crippen LogP contribution in [0.1, 0.15) is 15.9 Å². The van der Waals surface area contributed by atoms with Gasteiger partial charge >= 0.3 is 0 Å². The van der Waals surface area contributed by atoms with Crippen LogP contribution >= 0.6 is 0 Å². The summed E-state index contributed by atoms with van der Waals surface area (Å²) in [4.78, 5) is 21.4. The van der Waals surface area contributed by atoms with Crippen molar-refractivity contribution in [2.75, 3.05) is 20.3 Å². The van der Waals surface area contributed by atoms with Crippen LogP contribution in [0.25, 0.3) is 22.8 Å². The van der Waals surface area contributed by atoms with Gasteiger partial charge in [0.15, 0.2) is 5.76 Å². The van der Waals surface area contributed by atoms with E-state index in [9.17, 15) is 9.18 Å². The number of oxazole rings is 1. The lowest BCUT2D eigenvalue weighted by Gasteiger charge is -2.09. The maximum absolute atomic E-state index is 14.1. The number of benzene rings is 2. The molecule has 0 aliphatic carbocycles. The van der Waals surface area contributed by atoms with Crippen LogP contribution in [0.5, 0.6) is 5.88 Å². The number of methoxy groups -OCH3 is 1. The Morgan fingerprint density at radius 1 is 0.970 bits per heavy atom. The SMILES string of the molecule is COCCOc1ccc(CNC(=O)c2ccccc2-c2ncc(-c3ccccc3F)o2)cn1. The van der Waals surface area contributed by atoms with Crippen molar-refractivity contribution in [3.05, 3.63) is 90.0 Å². The van der Waals surface area contributed by atoms with Crippen molar-refractivity contribution in [2.45, 2.75) is 6.54 Å². The second kappa shape index (κ2) is 10.5. The van der Waals surface area contributed by atoms with Crippen molar-refractivity contribution >= 4 is 5.91 Å². The molecule has 2 heterocycles. The Kier molecular flexibility index (Phi) is 7.06. The molecule has 4 rings (SSSR count). The number of ether oxygens (including phenoxy) is 2. The van der Waals surface area contributed by atoms with Gasteiger partial charge in [-0.2, -0.15) is 0 Å². The highest BCUT2D eigenvalue weighted by molar-refractivity contribution is 6.00. The van der Waals surface area contributed by atoms with E-state index in [1.54, 1.807) is 61.8 Å². The lowest BCUT2D eigenvalue weighted by molar-refractivity contribution is 0.0951. The number of hydrogen-bond donors (Lipinski definition) is 1. The molecule has 2 aromatic heterocycles. The molecule has 4 aromatic rings. The van der Waals surface area contributed by atoms with Gasteiger partial charge in [0.1, 0.15) is 12.4 Å². The van der Waals surface area contributed by atoms with E-state index in [1.165, 1.54) is 12.3 Å². The van der Waals surface area contributed by atoms with E-state index in [1.807, 2.05) is 6.07 Å². The number of hydrogen-bond acceptors (Lipinski definition) is 6. The molecule has 0 aliphatic heterocycles. The predicted molar refractivity (Wildman–Crippen MR) is 120 cm³/mol. The van der Waals surface area contributed by atoms with Crippen molar-refractivity contribution in [1.82, 2.24) is 15.3 Å². The van der Waals surface area contributed by atoms with Gasteiger partial charge in [0.05, 0.1) is 23.9 Å². The maximum atomic E-state index is 14.1. The Bertz CT molecular complexity index is 1220. The van der Waals surface area contributed by atoms with Crippen LogP contribution in [0.3, 0.4) is 0 Å². The van der Waals surface area contributed by atoms with Crippen LogP contribution in [0.15, 0.2) is 77.5 Å². The molecule has 8 heteroatoms. The third-order valence-corrected chi connectivity index (χ3v) is 4.84. The minimum absolute atomic E-state index is 0.234. The van der Waals surface area contributed by atoms with Gasteiger partial charge in [-0.25, -0.2) is 14.4 Å². The maximum Gasteiger partial charge on any atom is 0.252 e. The van der Waals surface area contributed by atoms with E-state index in [4.69, 9.17) is 13.9 Å². The third-order valence-electron chi connectivity index (χ3n) is 4.84. The molecule has 33 heavy (non-hydrogen) atoms. The first-order chi connectivity index (χ1) is 16.2. The zero-order valence-electron chi connectivity index (χ0n) is 18.0. The van der Waals surface area contributed by atoms with Gasteiger partial charge in [0.2, 0.25) is 11.8 Å². The van der Waals surface area contributed by atoms with Crippen molar-refractivity contribution in [1.29, 1.82) is 0 Å². The molecule has 0 saturated carbocycles. The number of halogens is 1. The average molecular weight is 447 g/mol. The van der Waals surface area contributed by atoms with Gasteiger partial charge in [-0.3, -0.25) is 4.79 Å². The van der Waals surface area contributed by atoms with E-state index in [0.29, 0.717) is 35.8 Å². The van der Waals surface area contributed by atoms with Crippen LogP contribution in [-0.2, 0) is 11.3 Å². The number of rotatable bonds is 9. The summed E-state index contributed by atoms with van der Waals surface area (Å²) in [6.45, 7) is 1.17. The summed E-state index contributed by atoms with van der Waals surface area (Å²) in [6, 6.07) is 16.8. The number of nitrogens with zero attached hydrogens (tertiary/aromatic N) is 2. The first kappa shape index (κ1) is 22.2. The first-order valence-electron chi connectivity index (χ1n) is 10.3. The van der Waals surface area contributed by atoms with Crippen LogP contribution in [0, 0.1) is 5.82 Å². The Balaban J connectivity index is 1.45. The number of carbonyl (C=O) groups is 1. The van der Waals surface area contributed by atoms with Gasteiger partial charge < -0.3 is 19.2 Å². The number of pyridine rings is 1. The van der Waals surface area contributed by atoms with Gasteiger partial charge in [-0.05, 0) is 29.8 Å². The quantitative estimate of drug-likeness (QED) is 0.380. The zero-order valence-corrected chi connectivity index (χ0v) is 18.0. The third kappa shape index (κ3) is 5.42. The summed E-state index contributed by atoms with van der Waals surface area (Å²) in [6.07, 6.45) is 3.09. The molecule has 0 radical (unpaired) electrons. The minimum Gasteiger partial charge on any atom is -0.475 e. The molecular formula is C25H22FN3O4. The van der Waals surface area contributed by atoms with E-state index in [2.05, 4.69) is 15.3 Å². The number of carbonyl (C=O) groups excluding carboxylic acids is 1. The molecule has 0 atom stereocenters. The van der Waals surface area contributed by atoms with E-state index < -0.39 is 5.82 Å². The second-order valence-electron chi connectivity index (χ2n) is 7.08. The average Bonchev–Trinajstić information content (AvgIpc) is 3.34. The van der Waals surface area contributed by atoms with Crippen molar-refractivity contribution in [2.24, 2.45) is 0 Å². The summed E-state index contributed by atoms with van der Waals surface area (Å²) in [7, 11) is 1.60. The Morgan fingerprint density at radius 2 is 1.76 bits per heavy atom. The normalized spacial score (nSPS) is 10.7. The summed E-state index contributed by atoms with van der Waals surface area (Å²) < 4.78 is 30.2. The summed E-state index contributed by atoms with van der Waals surface area (Å²) >= 11 is 0. The Labute approximate surface area is 190 Å². The molecule has 0 spiro atoms. The molecule has 0 aliphatic rings. The van der Waals surface area contributed by atoms with Crippen LogP contribution in [-0.4, -0.2) is 36.2 Å². The van der Waals surface area contributed by atoms with Gasteiger partial charge in [-0.15, -0.1) is 0 Å². The summed E-state index contributed by atoms with van der Waals surface area (Å²) in [5.41, 5.74) is 2.03. The number of aromatic nitrogens is 2. The van der Waals surface area contributed by atoms with Crippen LogP contribution in [0.2, 0.25) is 0 Å². The van der Waals surface area contributed by atoms with Gasteiger partial charge in [0, 0.05) is 31.5 Å². The number of nitrogens with one attached hydrogen (secondary N) is 1. The lowest BCUT2D eigenvalue weighted by Crippen LogP contribution is -2.23. The second-order valence-corrected chi connectivity index (χ2v) is 7.08. The van der Waals surface area contributed by atoms with Crippen LogP contribution < -0.4 is 10.1 Å². The van der Waals surface area contributed by atoms with E-state index >= 15 is 0 Å². The fraction of sp³-hybridized carbons (Fsp3) is 0.160. The predicted octanol–water partition coefficient (Wildman–Crippen LogP) is 4.50. The monoisotopic (exact) mass is 447 g/mol. The molecule has 0 fully saturated rings. The van der Waals surface area contributed by atoms with Crippen LogP contribution in [0.4, 0.5) is 4.39 Å². The fourth-order valence-electron chi connectivity index (χ4n) is 3.16. The fourth-order valence-corrected chi connectivity index (χ4v) is 3.16. The molecule has 2 aromatic carbocycles. The molecule has 7 nitrogen and oxygen atoms in total. The van der Waals surface area contributed by atoms with Crippen molar-refractivity contribution < 1.29 is 23.1 Å². The highest BCUT2D eigenvalue weighted by Gasteiger charge is 2.18. The van der Waals surface area contributed by atoms with Gasteiger partial charge in [0.25, 0.3) is 5.91 Å². The van der Waals surface area contributed by atoms with Crippen molar-refractivity contribution in [3.63, 3.8) is 0 Å². The molecule has 0 unspecified atom stereocenters. The molecule has 1 N–H and O–H groups in total. The lowest BCUT2D eigenvalue weighted by atomic mass is 10.1. The highest BCUT2D eigenvalue weighted by Crippen LogP contribution is 2.29. The summed E-state index contributed by atoms with van der Waals surface area (Å²) in [5.74, 6) is 0.309. The highest BCUT2D eigenvalue weighted by atomic mass is 19.1. The largest absolute Gasteiger partial charge is 0.475 e. The van der Waals surface area contributed by atoms with Crippen molar-refractivity contribution in [3.8, 4) is 28.7 Å². The Morgan fingerprint density at radius 3 is 2.52 bits per heavy atom. The first-order valence-corrected chi connectivity index (χ1v) is 10.3. The van der Waals surface area contributed by atoms with E-state index in [0.717, 1.165) is 5.56 Å². The standard InChI is InChI=1S/C25H22FN3O4/c1-31-12-13-32-23-11-10-17(14-27-23)15-28-24(30)18-6-2-3-7-19(18)25-29-16-22(33-25)20-8-4-5-9-21(20)26/h2-11,14,16H,12-13,15H2,1H3,(H,28,30). The van der Waals surface area contributed by atoms with E-state index in [-0.39, 0.29) is 24.1 Å². The minimum atomic E-state index is -0.407. The topological polar surface area (TPSA) is 86.5 Å². The molecular weight excluding hydrogens is 425 g/mol. The summed E-state index contributed by atoms with van der Waals surface area (Å²) in [5, 5.41) is 2.88. The smallest absolute Gasteiger partial charge is 0.252 e. The molecule has 0 saturated heterocycles. The Hall–Kier alpha value is -4.04.